The van der Waals surface area contributed by atoms with Gasteiger partial charge in [-0.1, -0.05) is 43.6 Å². The molecule has 0 bridgehead atoms. The van der Waals surface area contributed by atoms with Crippen LogP contribution in [0.2, 0.25) is 5.02 Å². The van der Waals surface area contributed by atoms with Crippen molar-refractivity contribution in [2.45, 2.75) is 33.1 Å². The van der Waals surface area contributed by atoms with Crippen LogP contribution in [0.3, 0.4) is 0 Å². The van der Waals surface area contributed by atoms with Gasteiger partial charge in [-0.05, 0) is 54.2 Å². The summed E-state index contributed by atoms with van der Waals surface area (Å²) in [5.74, 6) is 0.956. The predicted molar refractivity (Wildman–Crippen MR) is 98.0 cm³/mol. The summed E-state index contributed by atoms with van der Waals surface area (Å²) in [6.07, 6.45) is 0.643. The molecule has 0 radical (unpaired) electrons. The number of amides is 1. The SMILES string of the molecule is Cc1cccc(C(C)C)c1NC(=O)C1COc2ccc(Cl)cc2C1. The molecule has 1 unspecified atom stereocenters. The van der Waals surface area contributed by atoms with E-state index in [1.54, 1.807) is 0 Å². The van der Waals surface area contributed by atoms with Gasteiger partial charge in [-0.25, -0.2) is 0 Å². The number of halogens is 1. The van der Waals surface area contributed by atoms with E-state index < -0.39 is 0 Å². The number of rotatable bonds is 3. The van der Waals surface area contributed by atoms with Crippen LogP contribution in [0.25, 0.3) is 0 Å². The fraction of sp³-hybridized carbons (Fsp3) is 0.350. The zero-order chi connectivity index (χ0) is 17.3. The Hall–Kier alpha value is -2.00. The number of aryl methyl sites for hydroxylation is 1. The fourth-order valence-electron chi connectivity index (χ4n) is 3.10. The van der Waals surface area contributed by atoms with Gasteiger partial charge in [0.05, 0.1) is 5.92 Å². The molecule has 0 saturated carbocycles. The Bertz CT molecular complexity index is 770. The first kappa shape index (κ1) is 16.8. The lowest BCUT2D eigenvalue weighted by molar-refractivity contribution is -0.121. The van der Waals surface area contributed by atoms with Crippen LogP contribution in [-0.2, 0) is 11.2 Å². The number of ether oxygens (including phenoxy) is 1. The molecule has 3 nitrogen and oxygen atoms in total. The van der Waals surface area contributed by atoms with Crippen molar-refractivity contribution in [3.05, 3.63) is 58.1 Å². The third kappa shape index (κ3) is 3.41. The zero-order valence-electron chi connectivity index (χ0n) is 14.2. The van der Waals surface area contributed by atoms with Crippen molar-refractivity contribution in [1.29, 1.82) is 0 Å². The summed E-state index contributed by atoms with van der Waals surface area (Å²) in [5.41, 5.74) is 4.15. The molecule has 1 aliphatic heterocycles. The van der Waals surface area contributed by atoms with E-state index in [1.165, 1.54) is 0 Å². The molecular weight excluding hydrogens is 322 g/mol. The minimum Gasteiger partial charge on any atom is -0.492 e. The number of benzene rings is 2. The van der Waals surface area contributed by atoms with Gasteiger partial charge in [0, 0.05) is 10.7 Å². The Morgan fingerprint density at radius 3 is 2.83 bits per heavy atom. The van der Waals surface area contributed by atoms with Gasteiger partial charge in [-0.2, -0.15) is 0 Å². The van der Waals surface area contributed by atoms with Crippen LogP contribution >= 0.6 is 11.6 Å². The number of carbonyl (C=O) groups excluding carboxylic acids is 1. The Kier molecular flexibility index (Phi) is 4.81. The second kappa shape index (κ2) is 6.86. The number of anilines is 1. The molecule has 0 aliphatic carbocycles. The van der Waals surface area contributed by atoms with Crippen molar-refractivity contribution >= 4 is 23.2 Å². The van der Waals surface area contributed by atoms with E-state index >= 15 is 0 Å². The maximum absolute atomic E-state index is 12.8. The third-order valence-corrected chi connectivity index (χ3v) is 4.71. The molecule has 1 heterocycles. The Morgan fingerprint density at radius 2 is 2.08 bits per heavy atom. The summed E-state index contributed by atoms with van der Waals surface area (Å²) in [6.45, 7) is 6.68. The van der Waals surface area contributed by atoms with Crippen LogP contribution in [0.5, 0.6) is 5.75 Å². The second-order valence-electron chi connectivity index (χ2n) is 6.65. The highest BCUT2D eigenvalue weighted by molar-refractivity contribution is 6.30. The second-order valence-corrected chi connectivity index (χ2v) is 7.08. The molecular formula is C20H22ClNO2. The number of fused-ring (bicyclic) bond motifs is 1. The van der Waals surface area contributed by atoms with E-state index in [1.807, 2.05) is 37.3 Å². The largest absolute Gasteiger partial charge is 0.492 e. The number of nitrogens with one attached hydrogen (secondary N) is 1. The average Bonchev–Trinajstić information content (AvgIpc) is 2.55. The minimum atomic E-state index is -0.212. The van der Waals surface area contributed by atoms with Crippen molar-refractivity contribution in [2.75, 3.05) is 11.9 Å². The maximum Gasteiger partial charge on any atom is 0.231 e. The van der Waals surface area contributed by atoms with Crippen LogP contribution in [0.4, 0.5) is 5.69 Å². The van der Waals surface area contributed by atoms with Crippen LogP contribution in [0.15, 0.2) is 36.4 Å². The first-order valence-corrected chi connectivity index (χ1v) is 8.65. The van der Waals surface area contributed by atoms with Gasteiger partial charge in [0.1, 0.15) is 12.4 Å². The Balaban J connectivity index is 1.80. The molecule has 0 fully saturated rings. The van der Waals surface area contributed by atoms with Crippen molar-refractivity contribution in [3.8, 4) is 5.75 Å². The lowest BCUT2D eigenvalue weighted by Crippen LogP contribution is -2.33. The van der Waals surface area contributed by atoms with Crippen LogP contribution in [0.1, 0.15) is 36.5 Å². The summed E-state index contributed by atoms with van der Waals surface area (Å²) < 4.78 is 5.74. The quantitative estimate of drug-likeness (QED) is 0.855. The average molecular weight is 344 g/mol. The number of carbonyl (C=O) groups is 1. The van der Waals surface area contributed by atoms with Crippen molar-refractivity contribution in [1.82, 2.24) is 0 Å². The molecule has 0 aromatic heterocycles. The highest BCUT2D eigenvalue weighted by Gasteiger charge is 2.27. The molecule has 1 atom stereocenters. The van der Waals surface area contributed by atoms with Gasteiger partial charge < -0.3 is 10.1 Å². The van der Waals surface area contributed by atoms with Crippen molar-refractivity contribution < 1.29 is 9.53 Å². The van der Waals surface area contributed by atoms with Gasteiger partial charge in [-0.15, -0.1) is 0 Å². The molecule has 1 N–H and O–H groups in total. The van der Waals surface area contributed by atoms with Crippen LogP contribution < -0.4 is 10.1 Å². The standard InChI is InChI=1S/C20H22ClNO2/c1-12(2)17-6-4-5-13(3)19(17)22-20(23)15-9-14-10-16(21)7-8-18(14)24-11-15/h4-8,10,12,15H,9,11H2,1-3H3,(H,22,23). The topological polar surface area (TPSA) is 38.3 Å². The smallest absolute Gasteiger partial charge is 0.231 e. The van der Waals surface area contributed by atoms with Crippen molar-refractivity contribution in [3.63, 3.8) is 0 Å². The van der Waals surface area contributed by atoms with E-state index in [-0.39, 0.29) is 11.8 Å². The summed E-state index contributed by atoms with van der Waals surface area (Å²) >= 11 is 6.05. The molecule has 0 saturated heterocycles. The highest BCUT2D eigenvalue weighted by Crippen LogP contribution is 2.32. The Morgan fingerprint density at radius 1 is 1.29 bits per heavy atom. The van der Waals surface area contributed by atoms with Crippen molar-refractivity contribution in [2.24, 2.45) is 5.92 Å². The molecule has 4 heteroatoms. The van der Waals surface area contributed by atoms with E-state index in [0.29, 0.717) is 24.0 Å². The summed E-state index contributed by atoms with van der Waals surface area (Å²) in [5, 5.41) is 3.79. The molecule has 1 amide bonds. The maximum atomic E-state index is 12.8. The molecule has 2 aromatic carbocycles. The normalized spacial score (nSPS) is 16.5. The van der Waals surface area contributed by atoms with E-state index in [0.717, 1.165) is 28.1 Å². The number of hydrogen-bond donors (Lipinski definition) is 1. The zero-order valence-corrected chi connectivity index (χ0v) is 15.0. The molecule has 1 aliphatic rings. The van der Waals surface area contributed by atoms with Gasteiger partial charge in [0.25, 0.3) is 0 Å². The first-order chi connectivity index (χ1) is 11.5. The first-order valence-electron chi connectivity index (χ1n) is 8.27. The number of para-hydroxylation sites is 1. The van der Waals surface area contributed by atoms with Gasteiger partial charge in [0.2, 0.25) is 5.91 Å². The lowest BCUT2D eigenvalue weighted by atomic mass is 9.94. The summed E-state index contributed by atoms with van der Waals surface area (Å²) in [7, 11) is 0. The third-order valence-electron chi connectivity index (χ3n) is 4.47. The summed E-state index contributed by atoms with van der Waals surface area (Å²) in [6, 6.07) is 11.7. The Labute approximate surface area is 148 Å². The lowest BCUT2D eigenvalue weighted by Gasteiger charge is -2.26. The fourth-order valence-corrected chi connectivity index (χ4v) is 3.29. The molecule has 126 valence electrons. The highest BCUT2D eigenvalue weighted by atomic mass is 35.5. The van der Waals surface area contributed by atoms with E-state index in [4.69, 9.17) is 16.3 Å². The van der Waals surface area contributed by atoms with Gasteiger partial charge >= 0.3 is 0 Å². The monoisotopic (exact) mass is 343 g/mol. The molecule has 2 aromatic rings. The van der Waals surface area contributed by atoms with Crippen LogP contribution in [0, 0.1) is 12.8 Å². The molecule has 3 rings (SSSR count). The van der Waals surface area contributed by atoms with Crippen LogP contribution in [-0.4, -0.2) is 12.5 Å². The van der Waals surface area contributed by atoms with Gasteiger partial charge in [-0.3, -0.25) is 4.79 Å². The summed E-state index contributed by atoms with van der Waals surface area (Å²) in [4.78, 5) is 12.8. The number of hydrogen-bond acceptors (Lipinski definition) is 2. The molecule has 24 heavy (non-hydrogen) atoms. The minimum absolute atomic E-state index is 0.00294. The molecule has 0 spiro atoms. The predicted octanol–water partition coefficient (Wildman–Crippen LogP) is 4.96. The van der Waals surface area contributed by atoms with E-state index in [2.05, 4.69) is 25.2 Å². The van der Waals surface area contributed by atoms with Gasteiger partial charge in [0.15, 0.2) is 0 Å². The van der Waals surface area contributed by atoms with E-state index in [9.17, 15) is 4.79 Å².